The van der Waals surface area contributed by atoms with Crippen molar-refractivity contribution in [1.29, 1.82) is 0 Å². The Morgan fingerprint density at radius 3 is 2.40 bits per heavy atom. The molecule has 2 aromatic rings. The van der Waals surface area contributed by atoms with Gasteiger partial charge in [0, 0.05) is 5.69 Å². The Balaban J connectivity index is 1.89. The van der Waals surface area contributed by atoms with Gasteiger partial charge in [-0.25, -0.2) is 4.79 Å². The largest absolute Gasteiger partial charge is 0.496 e. The first kappa shape index (κ1) is 18.5. The lowest BCUT2D eigenvalue weighted by atomic mass is 9.99. The van der Waals surface area contributed by atoms with Crippen molar-refractivity contribution in [2.24, 2.45) is 0 Å². The Bertz CT molecular complexity index is 725. The monoisotopic (exact) mass is 341 g/mol. The van der Waals surface area contributed by atoms with Crippen molar-refractivity contribution in [3.05, 3.63) is 59.7 Å². The molecule has 0 saturated carbocycles. The number of carbonyl (C=O) groups is 2. The Morgan fingerprint density at radius 1 is 1.08 bits per heavy atom. The number of anilines is 1. The topological polar surface area (TPSA) is 64.6 Å². The average molecular weight is 341 g/mol. The van der Waals surface area contributed by atoms with Crippen LogP contribution < -0.4 is 10.1 Å². The molecule has 5 nitrogen and oxygen atoms in total. The molecule has 132 valence electrons. The van der Waals surface area contributed by atoms with Gasteiger partial charge in [-0.3, -0.25) is 4.79 Å². The molecular formula is C20H23NO4. The number of para-hydroxylation sites is 1. The summed E-state index contributed by atoms with van der Waals surface area (Å²) in [6.45, 7) is 3.94. The molecule has 0 spiro atoms. The van der Waals surface area contributed by atoms with Gasteiger partial charge in [-0.1, -0.05) is 38.1 Å². The maximum atomic E-state index is 12.1. The summed E-state index contributed by atoms with van der Waals surface area (Å²) in [6, 6.07) is 14.4. The number of esters is 1. The second-order valence-corrected chi connectivity index (χ2v) is 5.76. The van der Waals surface area contributed by atoms with Gasteiger partial charge in [-0.15, -0.1) is 0 Å². The smallest absolute Gasteiger partial charge is 0.342 e. The minimum atomic E-state index is -0.597. The summed E-state index contributed by atoms with van der Waals surface area (Å²) in [4.78, 5) is 24.0. The average Bonchev–Trinajstić information content (AvgIpc) is 2.66. The number of hydrogen-bond acceptors (Lipinski definition) is 4. The van der Waals surface area contributed by atoms with E-state index >= 15 is 0 Å². The van der Waals surface area contributed by atoms with Crippen molar-refractivity contribution < 1.29 is 19.1 Å². The molecule has 0 radical (unpaired) electrons. The van der Waals surface area contributed by atoms with Crippen LogP contribution in [-0.4, -0.2) is 25.6 Å². The molecule has 2 aromatic carbocycles. The molecule has 0 aliphatic rings. The lowest BCUT2D eigenvalue weighted by molar-refractivity contribution is -0.119. The van der Waals surface area contributed by atoms with Gasteiger partial charge in [0.05, 0.1) is 7.11 Å². The third-order valence-corrected chi connectivity index (χ3v) is 4.04. The van der Waals surface area contributed by atoms with Crippen molar-refractivity contribution in [3.63, 3.8) is 0 Å². The number of rotatable bonds is 7. The number of amides is 1. The van der Waals surface area contributed by atoms with Crippen LogP contribution in [0.25, 0.3) is 0 Å². The second kappa shape index (κ2) is 8.87. The van der Waals surface area contributed by atoms with Crippen LogP contribution in [0.15, 0.2) is 48.5 Å². The predicted molar refractivity (Wildman–Crippen MR) is 97.1 cm³/mol. The highest BCUT2D eigenvalue weighted by molar-refractivity contribution is 5.96. The van der Waals surface area contributed by atoms with Crippen LogP contribution in [0.2, 0.25) is 0 Å². The minimum Gasteiger partial charge on any atom is -0.496 e. The third-order valence-electron chi connectivity index (χ3n) is 4.04. The zero-order valence-corrected chi connectivity index (χ0v) is 14.7. The number of carbonyl (C=O) groups excluding carboxylic acids is 2. The van der Waals surface area contributed by atoms with Crippen LogP contribution in [0.5, 0.6) is 5.75 Å². The molecule has 1 amide bonds. The normalized spacial score (nSPS) is 11.5. The van der Waals surface area contributed by atoms with Gasteiger partial charge in [0.1, 0.15) is 11.3 Å². The Hall–Kier alpha value is -2.82. The minimum absolute atomic E-state index is 0.288. The van der Waals surface area contributed by atoms with Gasteiger partial charge in [-0.2, -0.15) is 0 Å². The van der Waals surface area contributed by atoms with Crippen LogP contribution in [-0.2, 0) is 9.53 Å². The Morgan fingerprint density at radius 2 is 1.76 bits per heavy atom. The van der Waals surface area contributed by atoms with E-state index in [0.29, 0.717) is 17.4 Å². The molecule has 0 fully saturated rings. The van der Waals surface area contributed by atoms with Gasteiger partial charge >= 0.3 is 5.97 Å². The molecule has 0 aliphatic carbocycles. The molecule has 0 bridgehead atoms. The van der Waals surface area contributed by atoms with E-state index in [1.165, 1.54) is 12.7 Å². The van der Waals surface area contributed by atoms with Crippen LogP contribution in [0, 0.1) is 0 Å². The SMILES string of the molecule is CC[C@@H](C)c1ccc(NC(=O)COC(=O)c2ccccc2OC)cc1. The van der Waals surface area contributed by atoms with E-state index in [-0.39, 0.29) is 18.1 Å². The summed E-state index contributed by atoms with van der Waals surface area (Å²) in [7, 11) is 1.47. The number of hydrogen-bond donors (Lipinski definition) is 1. The summed E-state index contributed by atoms with van der Waals surface area (Å²) in [5.41, 5.74) is 2.18. The Kier molecular flexibility index (Phi) is 6.57. The fourth-order valence-corrected chi connectivity index (χ4v) is 2.35. The molecule has 2 rings (SSSR count). The fourth-order valence-electron chi connectivity index (χ4n) is 2.35. The van der Waals surface area contributed by atoms with Crippen LogP contribution in [0.3, 0.4) is 0 Å². The van der Waals surface area contributed by atoms with Crippen molar-refractivity contribution in [2.75, 3.05) is 19.0 Å². The van der Waals surface area contributed by atoms with Gasteiger partial charge < -0.3 is 14.8 Å². The van der Waals surface area contributed by atoms with Crippen LogP contribution >= 0.6 is 0 Å². The van der Waals surface area contributed by atoms with Crippen molar-refractivity contribution in [1.82, 2.24) is 0 Å². The number of benzene rings is 2. The number of nitrogens with one attached hydrogen (secondary N) is 1. The first-order valence-corrected chi connectivity index (χ1v) is 8.25. The van der Waals surface area contributed by atoms with E-state index in [4.69, 9.17) is 9.47 Å². The van der Waals surface area contributed by atoms with E-state index in [9.17, 15) is 9.59 Å². The summed E-state index contributed by atoms with van der Waals surface area (Å²) in [5.74, 6) is -0.0978. The lowest BCUT2D eigenvalue weighted by Gasteiger charge is -2.11. The lowest BCUT2D eigenvalue weighted by Crippen LogP contribution is -2.21. The molecule has 25 heavy (non-hydrogen) atoms. The molecular weight excluding hydrogens is 318 g/mol. The summed E-state index contributed by atoms with van der Waals surface area (Å²) in [5, 5.41) is 2.71. The number of ether oxygens (including phenoxy) is 2. The standard InChI is InChI=1S/C20H23NO4/c1-4-14(2)15-9-11-16(12-10-15)21-19(22)13-25-20(23)17-7-5-6-8-18(17)24-3/h5-12,14H,4,13H2,1-3H3,(H,21,22)/t14-/m1/s1. The zero-order chi connectivity index (χ0) is 18.2. The molecule has 0 unspecified atom stereocenters. The maximum Gasteiger partial charge on any atom is 0.342 e. The van der Waals surface area contributed by atoms with Crippen LogP contribution in [0.4, 0.5) is 5.69 Å². The summed E-state index contributed by atoms with van der Waals surface area (Å²) >= 11 is 0. The van der Waals surface area contributed by atoms with E-state index in [1.807, 2.05) is 24.3 Å². The van der Waals surface area contributed by atoms with Gasteiger partial charge in [0.15, 0.2) is 6.61 Å². The zero-order valence-electron chi connectivity index (χ0n) is 14.7. The highest BCUT2D eigenvalue weighted by Crippen LogP contribution is 2.21. The molecule has 0 heterocycles. The van der Waals surface area contributed by atoms with E-state index < -0.39 is 5.97 Å². The van der Waals surface area contributed by atoms with Gasteiger partial charge in [0.2, 0.25) is 0 Å². The highest BCUT2D eigenvalue weighted by Gasteiger charge is 2.14. The first-order valence-electron chi connectivity index (χ1n) is 8.25. The van der Waals surface area contributed by atoms with Crippen molar-refractivity contribution in [3.8, 4) is 5.75 Å². The molecule has 1 atom stereocenters. The molecule has 0 aliphatic heterocycles. The molecule has 0 saturated heterocycles. The van der Waals surface area contributed by atoms with Gasteiger partial charge in [0.25, 0.3) is 5.91 Å². The first-order chi connectivity index (χ1) is 12.0. The number of methoxy groups -OCH3 is 1. The van der Waals surface area contributed by atoms with Crippen molar-refractivity contribution >= 4 is 17.6 Å². The van der Waals surface area contributed by atoms with E-state index in [2.05, 4.69) is 19.2 Å². The quantitative estimate of drug-likeness (QED) is 0.773. The Labute approximate surface area is 148 Å². The molecule has 1 N–H and O–H groups in total. The maximum absolute atomic E-state index is 12.1. The van der Waals surface area contributed by atoms with E-state index in [1.54, 1.807) is 24.3 Å². The molecule has 5 heteroatoms. The fraction of sp³-hybridized carbons (Fsp3) is 0.300. The highest BCUT2D eigenvalue weighted by atomic mass is 16.5. The summed E-state index contributed by atoms with van der Waals surface area (Å²) < 4.78 is 10.2. The summed E-state index contributed by atoms with van der Waals surface area (Å²) in [6.07, 6.45) is 1.06. The second-order valence-electron chi connectivity index (χ2n) is 5.76. The third kappa shape index (κ3) is 5.08. The molecule has 0 aromatic heterocycles. The van der Waals surface area contributed by atoms with Crippen molar-refractivity contribution in [2.45, 2.75) is 26.2 Å². The van der Waals surface area contributed by atoms with Crippen LogP contribution in [0.1, 0.15) is 42.1 Å². The van der Waals surface area contributed by atoms with E-state index in [0.717, 1.165) is 6.42 Å². The predicted octanol–water partition coefficient (Wildman–Crippen LogP) is 4.00. The van der Waals surface area contributed by atoms with Gasteiger partial charge in [-0.05, 0) is 42.2 Å².